The molecule has 0 saturated carbocycles. The Balaban J connectivity index is 1.93. The van der Waals surface area contributed by atoms with Crippen molar-refractivity contribution in [2.75, 3.05) is 6.54 Å². The number of thiophene rings is 1. The minimum absolute atomic E-state index is 0.0728. The van der Waals surface area contributed by atoms with E-state index in [9.17, 15) is 14.9 Å². The number of hydrogen-bond donors (Lipinski definition) is 1. The summed E-state index contributed by atoms with van der Waals surface area (Å²) in [5.74, 6) is 0.00785. The lowest BCUT2D eigenvalue weighted by atomic mass is 10.0. The van der Waals surface area contributed by atoms with Crippen molar-refractivity contribution in [3.8, 4) is 0 Å². The maximum absolute atomic E-state index is 11.8. The molecular formula is C14H14N2O3S. The van der Waals surface area contributed by atoms with Crippen LogP contribution in [0.4, 0.5) is 5.69 Å². The number of hydrogen-bond acceptors (Lipinski definition) is 4. The standard InChI is InChI=1S/C14H14N2O3S/c1-10(9-15-14(17)13-3-2-8-20-13)11-4-6-12(7-5-11)16(18)19/h2-8,10H,9H2,1H3,(H,15,17)/t10-/m0/s1. The Kier molecular flexibility index (Phi) is 4.47. The van der Waals surface area contributed by atoms with E-state index >= 15 is 0 Å². The van der Waals surface area contributed by atoms with Crippen LogP contribution in [0.1, 0.15) is 28.1 Å². The van der Waals surface area contributed by atoms with Crippen molar-refractivity contribution < 1.29 is 9.72 Å². The minimum Gasteiger partial charge on any atom is -0.351 e. The van der Waals surface area contributed by atoms with E-state index in [4.69, 9.17) is 0 Å². The molecule has 0 unspecified atom stereocenters. The molecule has 0 spiro atoms. The lowest BCUT2D eigenvalue weighted by Gasteiger charge is -2.12. The molecule has 1 aromatic carbocycles. The van der Waals surface area contributed by atoms with Crippen molar-refractivity contribution in [2.45, 2.75) is 12.8 Å². The van der Waals surface area contributed by atoms with E-state index in [1.807, 2.05) is 18.4 Å². The molecule has 1 heterocycles. The van der Waals surface area contributed by atoms with Crippen LogP contribution in [0.2, 0.25) is 0 Å². The van der Waals surface area contributed by atoms with Gasteiger partial charge >= 0.3 is 0 Å². The summed E-state index contributed by atoms with van der Waals surface area (Å²) in [7, 11) is 0. The van der Waals surface area contributed by atoms with Gasteiger partial charge in [0.25, 0.3) is 11.6 Å². The first kappa shape index (κ1) is 14.2. The van der Waals surface area contributed by atoms with Gasteiger partial charge in [-0.2, -0.15) is 0 Å². The molecule has 0 aliphatic heterocycles. The zero-order chi connectivity index (χ0) is 14.5. The molecule has 0 fully saturated rings. The average molecular weight is 290 g/mol. The van der Waals surface area contributed by atoms with Crippen molar-refractivity contribution in [1.29, 1.82) is 0 Å². The van der Waals surface area contributed by atoms with Gasteiger partial charge in [0.2, 0.25) is 0 Å². The number of rotatable bonds is 5. The minimum atomic E-state index is -0.424. The number of nitro groups is 1. The third-order valence-electron chi connectivity index (χ3n) is 2.99. The largest absolute Gasteiger partial charge is 0.351 e. The Morgan fingerprint density at radius 1 is 1.35 bits per heavy atom. The van der Waals surface area contributed by atoms with E-state index in [-0.39, 0.29) is 17.5 Å². The third-order valence-corrected chi connectivity index (χ3v) is 3.86. The van der Waals surface area contributed by atoms with Crippen LogP contribution in [-0.4, -0.2) is 17.4 Å². The van der Waals surface area contributed by atoms with Crippen LogP contribution in [0.25, 0.3) is 0 Å². The molecule has 0 aliphatic carbocycles. The highest BCUT2D eigenvalue weighted by atomic mass is 32.1. The second-order valence-electron chi connectivity index (χ2n) is 4.44. The SMILES string of the molecule is C[C@@H](CNC(=O)c1cccs1)c1ccc([N+](=O)[O-])cc1. The predicted octanol–water partition coefficient (Wildman–Crippen LogP) is 3.19. The summed E-state index contributed by atoms with van der Waals surface area (Å²) < 4.78 is 0. The number of nitro benzene ring substituents is 1. The zero-order valence-corrected chi connectivity index (χ0v) is 11.7. The first-order valence-electron chi connectivity index (χ1n) is 6.14. The van der Waals surface area contributed by atoms with E-state index < -0.39 is 4.92 Å². The molecule has 20 heavy (non-hydrogen) atoms. The Bertz CT molecular complexity index is 593. The van der Waals surface area contributed by atoms with Crippen molar-refractivity contribution in [1.82, 2.24) is 5.32 Å². The monoisotopic (exact) mass is 290 g/mol. The molecule has 1 amide bonds. The number of benzene rings is 1. The van der Waals surface area contributed by atoms with Crippen molar-refractivity contribution in [2.24, 2.45) is 0 Å². The predicted molar refractivity (Wildman–Crippen MR) is 78.2 cm³/mol. The van der Waals surface area contributed by atoms with Crippen LogP contribution in [0, 0.1) is 10.1 Å². The van der Waals surface area contributed by atoms with Gasteiger partial charge in [-0.15, -0.1) is 11.3 Å². The summed E-state index contributed by atoms with van der Waals surface area (Å²) in [5.41, 5.74) is 1.03. The number of carbonyl (C=O) groups is 1. The molecular weight excluding hydrogens is 276 g/mol. The van der Waals surface area contributed by atoms with Crippen LogP contribution in [0.3, 0.4) is 0 Å². The molecule has 0 bridgehead atoms. The zero-order valence-electron chi connectivity index (χ0n) is 10.9. The summed E-state index contributed by atoms with van der Waals surface area (Å²) in [5, 5.41) is 15.3. The highest BCUT2D eigenvalue weighted by Gasteiger charge is 2.11. The molecule has 1 N–H and O–H groups in total. The number of amides is 1. The molecule has 104 valence electrons. The van der Waals surface area contributed by atoms with Gasteiger partial charge in [0.05, 0.1) is 9.80 Å². The maximum atomic E-state index is 11.8. The van der Waals surface area contributed by atoms with Gasteiger partial charge in [-0.3, -0.25) is 14.9 Å². The van der Waals surface area contributed by atoms with Crippen LogP contribution in [0.15, 0.2) is 41.8 Å². The Hall–Kier alpha value is -2.21. The molecule has 1 aromatic heterocycles. The lowest BCUT2D eigenvalue weighted by Crippen LogP contribution is -2.26. The van der Waals surface area contributed by atoms with Gasteiger partial charge in [0.1, 0.15) is 0 Å². The van der Waals surface area contributed by atoms with Gasteiger partial charge in [0.15, 0.2) is 0 Å². The third kappa shape index (κ3) is 3.42. The fourth-order valence-corrected chi connectivity index (χ4v) is 2.42. The van der Waals surface area contributed by atoms with Gasteiger partial charge in [-0.1, -0.05) is 25.1 Å². The highest BCUT2D eigenvalue weighted by Crippen LogP contribution is 2.19. The average Bonchev–Trinajstić information content (AvgIpc) is 2.98. The number of nitrogens with one attached hydrogen (secondary N) is 1. The Labute approximate surface area is 120 Å². The highest BCUT2D eigenvalue weighted by molar-refractivity contribution is 7.12. The van der Waals surface area contributed by atoms with Crippen LogP contribution in [0.5, 0.6) is 0 Å². The summed E-state index contributed by atoms with van der Waals surface area (Å²) in [6.45, 7) is 2.46. The van der Waals surface area contributed by atoms with E-state index in [1.165, 1.54) is 23.5 Å². The first-order valence-corrected chi connectivity index (χ1v) is 7.02. The van der Waals surface area contributed by atoms with Crippen LogP contribution < -0.4 is 5.32 Å². The maximum Gasteiger partial charge on any atom is 0.269 e. The number of non-ortho nitro benzene ring substituents is 1. The van der Waals surface area contributed by atoms with Gasteiger partial charge in [0, 0.05) is 18.7 Å². The quantitative estimate of drug-likeness (QED) is 0.679. The van der Waals surface area contributed by atoms with E-state index in [0.717, 1.165) is 5.56 Å². The second kappa shape index (κ2) is 6.29. The molecule has 0 radical (unpaired) electrons. The summed E-state index contributed by atoms with van der Waals surface area (Å²) >= 11 is 1.40. The first-order chi connectivity index (χ1) is 9.58. The number of nitrogens with zero attached hydrogens (tertiary/aromatic N) is 1. The Morgan fingerprint density at radius 2 is 2.05 bits per heavy atom. The lowest BCUT2D eigenvalue weighted by molar-refractivity contribution is -0.384. The summed E-state index contributed by atoms with van der Waals surface area (Å²) in [6.07, 6.45) is 0. The molecule has 2 aromatic rings. The smallest absolute Gasteiger partial charge is 0.269 e. The molecule has 2 rings (SSSR count). The van der Waals surface area contributed by atoms with Crippen molar-refractivity contribution in [3.63, 3.8) is 0 Å². The Morgan fingerprint density at radius 3 is 2.60 bits per heavy atom. The molecule has 0 aliphatic rings. The molecule has 1 atom stereocenters. The topological polar surface area (TPSA) is 72.2 Å². The van der Waals surface area contributed by atoms with Gasteiger partial charge in [-0.05, 0) is 22.9 Å². The fourth-order valence-electron chi connectivity index (χ4n) is 1.78. The van der Waals surface area contributed by atoms with Crippen molar-refractivity contribution >= 4 is 22.9 Å². The van der Waals surface area contributed by atoms with Crippen molar-refractivity contribution in [3.05, 3.63) is 62.3 Å². The number of carbonyl (C=O) groups excluding carboxylic acids is 1. The summed E-state index contributed by atoms with van der Waals surface area (Å²) in [4.78, 5) is 22.6. The van der Waals surface area contributed by atoms with E-state index in [1.54, 1.807) is 18.2 Å². The molecule has 0 saturated heterocycles. The molecule has 5 nitrogen and oxygen atoms in total. The molecule has 6 heteroatoms. The van der Waals surface area contributed by atoms with E-state index in [0.29, 0.717) is 11.4 Å². The fraction of sp³-hybridized carbons (Fsp3) is 0.214. The van der Waals surface area contributed by atoms with Gasteiger partial charge in [-0.25, -0.2) is 0 Å². The summed E-state index contributed by atoms with van der Waals surface area (Å²) in [6, 6.07) is 10.0. The van der Waals surface area contributed by atoms with E-state index in [2.05, 4.69) is 5.32 Å². The van der Waals surface area contributed by atoms with Crippen LogP contribution in [-0.2, 0) is 0 Å². The van der Waals surface area contributed by atoms with Crippen LogP contribution >= 0.6 is 11.3 Å². The normalized spacial score (nSPS) is 11.8. The second-order valence-corrected chi connectivity index (χ2v) is 5.38. The van der Waals surface area contributed by atoms with Gasteiger partial charge < -0.3 is 5.32 Å².